The van der Waals surface area contributed by atoms with E-state index in [1.165, 1.54) is 0 Å². The molecule has 22 heavy (non-hydrogen) atoms. The quantitative estimate of drug-likeness (QED) is 0.611. The van der Waals surface area contributed by atoms with Gasteiger partial charge in [-0.25, -0.2) is 4.79 Å². The molecule has 0 aromatic rings. The van der Waals surface area contributed by atoms with Gasteiger partial charge in [-0.15, -0.1) is 0 Å². The predicted molar refractivity (Wildman–Crippen MR) is 77.8 cm³/mol. The molecule has 0 aromatic carbocycles. The van der Waals surface area contributed by atoms with Crippen molar-refractivity contribution >= 4 is 17.8 Å². The maximum Gasteiger partial charge on any atom is 0.332 e. The Hall–Kier alpha value is -1.63. The van der Waals surface area contributed by atoms with Crippen molar-refractivity contribution in [2.24, 2.45) is 17.6 Å². The second-order valence-electron chi connectivity index (χ2n) is 6.68. The zero-order valence-corrected chi connectivity index (χ0v) is 13.0. The number of nitrogens with one attached hydrogen (secondary N) is 1. The van der Waals surface area contributed by atoms with Gasteiger partial charge in [0, 0.05) is 0 Å². The highest BCUT2D eigenvalue weighted by molar-refractivity contribution is 5.93. The molecule has 2 unspecified atom stereocenters. The summed E-state index contributed by atoms with van der Waals surface area (Å²) in [4.78, 5) is 34.8. The van der Waals surface area contributed by atoms with Crippen LogP contribution in [0.5, 0.6) is 0 Å². The maximum atomic E-state index is 12.4. The summed E-state index contributed by atoms with van der Waals surface area (Å²) in [6.07, 6.45) is 2.49. The van der Waals surface area contributed by atoms with E-state index in [2.05, 4.69) is 19.2 Å². The predicted octanol–water partition coefficient (Wildman–Crippen LogP) is 0.415. The number of ether oxygens (including phenoxy) is 1. The molecule has 0 radical (unpaired) electrons. The lowest BCUT2D eigenvalue weighted by atomic mass is 10.0. The molecule has 2 rings (SSSR count). The number of rotatable bonds is 6. The van der Waals surface area contributed by atoms with Crippen molar-refractivity contribution in [2.45, 2.75) is 63.6 Å². The molecule has 2 fully saturated rings. The molecule has 2 saturated carbocycles. The van der Waals surface area contributed by atoms with Crippen molar-refractivity contribution < 1.29 is 24.2 Å². The summed E-state index contributed by atoms with van der Waals surface area (Å²) in [6, 6.07) is -1.16. The Balaban J connectivity index is 1.92. The van der Waals surface area contributed by atoms with Gasteiger partial charge < -0.3 is 20.9 Å². The number of aliphatic carboxylic acids is 1. The zero-order chi connectivity index (χ0) is 16.5. The summed E-state index contributed by atoms with van der Waals surface area (Å²) in [5.41, 5.74) is 4.51. The Morgan fingerprint density at radius 3 is 2.27 bits per heavy atom. The van der Waals surface area contributed by atoms with Crippen LogP contribution in [0, 0.1) is 11.8 Å². The number of esters is 1. The van der Waals surface area contributed by atoms with Gasteiger partial charge in [0.25, 0.3) is 0 Å². The molecule has 0 saturated heterocycles. The highest BCUT2D eigenvalue weighted by atomic mass is 16.5. The van der Waals surface area contributed by atoms with Crippen LogP contribution in [0.4, 0.5) is 0 Å². The Labute approximate surface area is 129 Å². The summed E-state index contributed by atoms with van der Waals surface area (Å²) >= 11 is 0. The van der Waals surface area contributed by atoms with E-state index in [9.17, 15) is 14.4 Å². The van der Waals surface area contributed by atoms with E-state index in [1.54, 1.807) is 0 Å². The molecule has 2 aliphatic rings. The van der Waals surface area contributed by atoms with Crippen LogP contribution in [0.3, 0.4) is 0 Å². The molecular weight excluding hydrogens is 288 g/mol. The van der Waals surface area contributed by atoms with E-state index in [-0.39, 0.29) is 6.10 Å². The second kappa shape index (κ2) is 6.24. The first-order valence-corrected chi connectivity index (χ1v) is 7.75. The molecule has 2 aliphatic carbocycles. The minimum absolute atomic E-state index is 0.116. The minimum atomic E-state index is -1.16. The first-order valence-electron chi connectivity index (χ1n) is 7.75. The largest absolute Gasteiger partial charge is 0.481 e. The monoisotopic (exact) mass is 312 g/mol. The van der Waals surface area contributed by atoms with Gasteiger partial charge in [-0.1, -0.05) is 13.8 Å². The Bertz CT molecular complexity index is 465. The van der Waals surface area contributed by atoms with Crippen LogP contribution in [-0.4, -0.2) is 40.6 Å². The number of carboxylic acid groups (broad SMARTS) is 1. The van der Waals surface area contributed by atoms with E-state index in [1.807, 2.05) is 0 Å². The lowest BCUT2D eigenvalue weighted by Gasteiger charge is -2.25. The van der Waals surface area contributed by atoms with E-state index in [0.717, 1.165) is 12.8 Å². The van der Waals surface area contributed by atoms with Crippen LogP contribution in [0.1, 0.15) is 46.0 Å². The fourth-order valence-electron chi connectivity index (χ4n) is 3.00. The maximum absolute atomic E-state index is 12.4. The summed E-state index contributed by atoms with van der Waals surface area (Å²) in [6.45, 7) is 4.12. The van der Waals surface area contributed by atoms with Gasteiger partial charge in [0.15, 0.2) is 0 Å². The summed E-state index contributed by atoms with van der Waals surface area (Å²) in [5.74, 6) is -1.55. The topological polar surface area (TPSA) is 119 Å². The average molecular weight is 312 g/mol. The van der Waals surface area contributed by atoms with Gasteiger partial charge in [-0.2, -0.15) is 0 Å². The number of amides is 1. The van der Waals surface area contributed by atoms with Crippen molar-refractivity contribution in [3.8, 4) is 0 Å². The number of carboxylic acids is 1. The van der Waals surface area contributed by atoms with Gasteiger partial charge in [-0.3, -0.25) is 9.59 Å². The minimum Gasteiger partial charge on any atom is -0.481 e. The molecule has 0 heterocycles. The number of hydrogen-bond donors (Lipinski definition) is 3. The molecule has 0 spiro atoms. The molecule has 124 valence electrons. The molecule has 0 aromatic heterocycles. The highest BCUT2D eigenvalue weighted by Gasteiger charge is 2.54. The summed E-state index contributed by atoms with van der Waals surface area (Å²) < 4.78 is 5.61. The van der Waals surface area contributed by atoms with E-state index in [4.69, 9.17) is 15.6 Å². The van der Waals surface area contributed by atoms with Gasteiger partial charge >= 0.3 is 11.9 Å². The molecule has 4 N–H and O–H groups in total. The van der Waals surface area contributed by atoms with E-state index in [0.29, 0.717) is 24.7 Å². The Kier molecular flexibility index (Phi) is 4.75. The van der Waals surface area contributed by atoms with Gasteiger partial charge in [0.2, 0.25) is 5.91 Å². The van der Waals surface area contributed by atoms with Crippen LogP contribution < -0.4 is 11.1 Å². The molecule has 0 aliphatic heterocycles. The Morgan fingerprint density at radius 2 is 1.82 bits per heavy atom. The third kappa shape index (κ3) is 3.58. The molecule has 7 nitrogen and oxygen atoms in total. The molecule has 0 bridgehead atoms. The van der Waals surface area contributed by atoms with Crippen molar-refractivity contribution in [3.63, 3.8) is 0 Å². The third-order valence-electron chi connectivity index (χ3n) is 4.68. The van der Waals surface area contributed by atoms with E-state index < -0.39 is 35.8 Å². The average Bonchev–Trinajstić information content (AvgIpc) is 3.15. The van der Waals surface area contributed by atoms with Gasteiger partial charge in [-0.05, 0) is 37.5 Å². The lowest BCUT2D eigenvalue weighted by Crippen LogP contribution is -2.52. The lowest BCUT2D eigenvalue weighted by molar-refractivity contribution is -0.158. The third-order valence-corrected chi connectivity index (χ3v) is 4.68. The van der Waals surface area contributed by atoms with Crippen LogP contribution in [0.25, 0.3) is 0 Å². The van der Waals surface area contributed by atoms with Crippen molar-refractivity contribution in [1.82, 2.24) is 5.32 Å². The van der Waals surface area contributed by atoms with Gasteiger partial charge in [0.05, 0.1) is 12.5 Å². The van der Waals surface area contributed by atoms with Crippen LogP contribution in [0.2, 0.25) is 0 Å². The van der Waals surface area contributed by atoms with Crippen LogP contribution >= 0.6 is 0 Å². The molecular formula is C15H24N2O5. The fourth-order valence-corrected chi connectivity index (χ4v) is 3.00. The summed E-state index contributed by atoms with van der Waals surface area (Å²) in [7, 11) is 0. The number of carbonyl (C=O) groups excluding carboxylic acids is 2. The molecule has 1 amide bonds. The highest BCUT2D eigenvalue weighted by Crippen LogP contribution is 2.40. The standard InChI is InChI=1S/C15H24N2O5/c1-8-3-4-9(2)12(8)22-14(21)15(5-6-15)17-13(20)10(16)7-11(18)19/h8-10,12H,3-7,16H2,1-2H3,(H,17,20)(H,18,19)/t8?,9?,10-,12?/m0/s1. The first-order chi connectivity index (χ1) is 10.2. The fraction of sp³-hybridized carbons (Fsp3) is 0.800. The van der Waals surface area contributed by atoms with Crippen LogP contribution in [0.15, 0.2) is 0 Å². The molecule has 7 heteroatoms. The van der Waals surface area contributed by atoms with Gasteiger partial charge in [0.1, 0.15) is 11.6 Å². The second-order valence-corrected chi connectivity index (χ2v) is 6.68. The number of carbonyl (C=O) groups is 3. The van der Waals surface area contributed by atoms with Crippen LogP contribution in [-0.2, 0) is 19.1 Å². The van der Waals surface area contributed by atoms with Crippen molar-refractivity contribution in [3.05, 3.63) is 0 Å². The van der Waals surface area contributed by atoms with Crippen molar-refractivity contribution in [2.75, 3.05) is 0 Å². The van der Waals surface area contributed by atoms with E-state index >= 15 is 0 Å². The number of hydrogen-bond acceptors (Lipinski definition) is 5. The first kappa shape index (κ1) is 16.7. The molecule has 3 atom stereocenters. The zero-order valence-electron chi connectivity index (χ0n) is 13.0. The van der Waals surface area contributed by atoms with Crippen molar-refractivity contribution in [1.29, 1.82) is 0 Å². The Morgan fingerprint density at radius 1 is 1.27 bits per heavy atom. The SMILES string of the molecule is CC1CCC(C)C1OC(=O)C1(NC(=O)[C@@H](N)CC(=O)O)CC1. The number of nitrogens with two attached hydrogens (primary N) is 1. The normalized spacial score (nSPS) is 30.4. The smallest absolute Gasteiger partial charge is 0.332 e. The summed E-state index contributed by atoms with van der Waals surface area (Å²) in [5, 5.41) is 11.2.